The van der Waals surface area contributed by atoms with E-state index in [1.807, 2.05) is 18.2 Å². The van der Waals surface area contributed by atoms with Gasteiger partial charge < -0.3 is 4.98 Å². The largest absolute Gasteiger partial charge is 0.328 e. The Kier molecular flexibility index (Phi) is 3.64. The van der Waals surface area contributed by atoms with Crippen LogP contribution in [0.3, 0.4) is 0 Å². The molecule has 0 aliphatic rings. The molecule has 0 amide bonds. The highest BCUT2D eigenvalue weighted by molar-refractivity contribution is 5.40. The fourth-order valence-corrected chi connectivity index (χ4v) is 1.93. The summed E-state index contributed by atoms with van der Waals surface area (Å²) in [5, 5.41) is 8.14. The average Bonchev–Trinajstić information content (AvgIpc) is 3.01. The van der Waals surface area contributed by atoms with Crippen molar-refractivity contribution in [1.82, 2.24) is 9.97 Å². The zero-order valence-corrected chi connectivity index (χ0v) is 10.9. The van der Waals surface area contributed by atoms with Crippen molar-refractivity contribution in [2.75, 3.05) is 0 Å². The predicted octanol–water partition coefficient (Wildman–Crippen LogP) is 4.42. The lowest BCUT2D eigenvalue weighted by Crippen LogP contribution is -1.86. The lowest BCUT2D eigenvalue weighted by atomic mass is 10.1. The Morgan fingerprint density at radius 2 is 1.60 bits per heavy atom. The average molecular weight is 262 g/mol. The molecule has 3 rings (SSSR count). The molecule has 1 aromatic heterocycles. The van der Waals surface area contributed by atoms with Crippen LogP contribution in [0.15, 0.2) is 77.2 Å². The third kappa shape index (κ3) is 3.17. The van der Waals surface area contributed by atoms with E-state index < -0.39 is 0 Å². The Morgan fingerprint density at radius 3 is 2.30 bits per heavy atom. The highest BCUT2D eigenvalue weighted by Gasteiger charge is 1.96. The number of imidazole rings is 1. The molecule has 0 fully saturated rings. The number of hydrogen-bond donors (Lipinski definition) is 1. The molecule has 0 bridgehead atoms. The number of H-pyrrole nitrogens is 1. The summed E-state index contributed by atoms with van der Waals surface area (Å²) in [4.78, 5) is 6.87. The molecule has 0 unspecified atom stereocenters. The molecule has 0 aliphatic heterocycles. The number of azo groups is 1. The minimum absolute atomic E-state index is 0.512. The lowest BCUT2D eigenvalue weighted by Gasteiger charge is -2.01. The summed E-state index contributed by atoms with van der Waals surface area (Å²) < 4.78 is 0. The number of benzene rings is 2. The van der Waals surface area contributed by atoms with Crippen molar-refractivity contribution in [3.8, 4) is 0 Å². The molecule has 2 aromatic carbocycles. The molecule has 0 spiro atoms. The van der Waals surface area contributed by atoms with Crippen LogP contribution in [0.5, 0.6) is 0 Å². The fourth-order valence-electron chi connectivity index (χ4n) is 1.93. The second-order valence-corrected chi connectivity index (χ2v) is 4.44. The zero-order chi connectivity index (χ0) is 13.6. The van der Waals surface area contributed by atoms with Gasteiger partial charge in [0.2, 0.25) is 5.95 Å². The second-order valence-electron chi connectivity index (χ2n) is 4.44. The molecule has 4 nitrogen and oxygen atoms in total. The van der Waals surface area contributed by atoms with Gasteiger partial charge in [0.25, 0.3) is 0 Å². The van der Waals surface area contributed by atoms with Gasteiger partial charge in [-0.2, -0.15) is 0 Å². The number of nitrogens with zero attached hydrogens (tertiary/aromatic N) is 3. The van der Waals surface area contributed by atoms with Gasteiger partial charge in [-0.15, -0.1) is 10.2 Å². The summed E-state index contributed by atoms with van der Waals surface area (Å²) in [7, 11) is 0. The standard InChI is InChI=1S/C16H14N4/c1-2-4-13(5-3-1)12-14-6-8-15(9-7-14)19-20-16-17-10-11-18-16/h1-11H,12H2,(H,17,18). The molecule has 0 saturated heterocycles. The molecule has 0 saturated carbocycles. The van der Waals surface area contributed by atoms with Crippen LogP contribution in [0.1, 0.15) is 11.1 Å². The van der Waals surface area contributed by atoms with E-state index in [0.717, 1.165) is 12.1 Å². The molecular formula is C16H14N4. The van der Waals surface area contributed by atoms with Crippen LogP contribution in [-0.4, -0.2) is 9.97 Å². The van der Waals surface area contributed by atoms with E-state index in [1.54, 1.807) is 12.4 Å². The van der Waals surface area contributed by atoms with Gasteiger partial charge in [-0.3, -0.25) is 0 Å². The Hall–Kier alpha value is -2.75. The SMILES string of the molecule is c1ccc(Cc2ccc(N=Nc3ncc[nH]3)cc2)cc1. The summed E-state index contributed by atoms with van der Waals surface area (Å²) in [5.74, 6) is 0.512. The van der Waals surface area contributed by atoms with Crippen LogP contribution in [0.25, 0.3) is 0 Å². The van der Waals surface area contributed by atoms with Crippen molar-refractivity contribution in [1.29, 1.82) is 0 Å². The quantitative estimate of drug-likeness (QED) is 0.695. The maximum absolute atomic E-state index is 4.13. The van der Waals surface area contributed by atoms with Crippen molar-refractivity contribution >= 4 is 11.6 Å². The van der Waals surface area contributed by atoms with Crippen LogP contribution in [0.2, 0.25) is 0 Å². The number of nitrogens with one attached hydrogen (secondary N) is 1. The van der Waals surface area contributed by atoms with Crippen LogP contribution in [-0.2, 0) is 6.42 Å². The van der Waals surface area contributed by atoms with Gasteiger partial charge in [-0.25, -0.2) is 4.98 Å². The Balaban J connectivity index is 1.68. The summed E-state index contributed by atoms with van der Waals surface area (Å²) in [6.07, 6.45) is 4.30. The molecule has 20 heavy (non-hydrogen) atoms. The van der Waals surface area contributed by atoms with Crippen LogP contribution >= 0.6 is 0 Å². The molecule has 0 aliphatic carbocycles. The van der Waals surface area contributed by atoms with Gasteiger partial charge in [-0.1, -0.05) is 42.5 Å². The molecule has 1 N–H and O–H groups in total. The fraction of sp³-hybridized carbons (Fsp3) is 0.0625. The smallest absolute Gasteiger partial charge is 0.246 e. The molecular weight excluding hydrogens is 248 g/mol. The molecule has 3 aromatic rings. The summed E-state index contributed by atoms with van der Waals surface area (Å²) in [5.41, 5.74) is 3.38. The highest BCUT2D eigenvalue weighted by atomic mass is 15.2. The number of rotatable bonds is 4. The van der Waals surface area contributed by atoms with Crippen LogP contribution < -0.4 is 0 Å². The zero-order valence-electron chi connectivity index (χ0n) is 10.9. The lowest BCUT2D eigenvalue weighted by molar-refractivity contribution is 1.12. The van der Waals surface area contributed by atoms with Crippen molar-refractivity contribution in [2.24, 2.45) is 10.2 Å². The Morgan fingerprint density at radius 1 is 0.850 bits per heavy atom. The first kappa shape index (κ1) is 12.3. The van der Waals surface area contributed by atoms with Crippen LogP contribution in [0.4, 0.5) is 11.6 Å². The minimum atomic E-state index is 0.512. The van der Waals surface area contributed by atoms with Gasteiger partial charge in [0.05, 0.1) is 5.69 Å². The van der Waals surface area contributed by atoms with E-state index in [9.17, 15) is 0 Å². The van der Waals surface area contributed by atoms with Gasteiger partial charge in [0.1, 0.15) is 0 Å². The van der Waals surface area contributed by atoms with E-state index in [1.165, 1.54) is 11.1 Å². The van der Waals surface area contributed by atoms with Gasteiger partial charge in [0.15, 0.2) is 0 Å². The minimum Gasteiger partial charge on any atom is -0.328 e. The maximum Gasteiger partial charge on any atom is 0.246 e. The van der Waals surface area contributed by atoms with Gasteiger partial charge >= 0.3 is 0 Å². The van der Waals surface area contributed by atoms with Gasteiger partial charge in [-0.05, 0) is 29.7 Å². The predicted molar refractivity (Wildman–Crippen MR) is 78.5 cm³/mol. The summed E-state index contributed by atoms with van der Waals surface area (Å²) in [6, 6.07) is 18.5. The van der Waals surface area contributed by atoms with E-state index in [2.05, 4.69) is 56.6 Å². The first-order valence-electron chi connectivity index (χ1n) is 6.44. The van der Waals surface area contributed by atoms with E-state index in [-0.39, 0.29) is 0 Å². The number of aromatic amines is 1. The van der Waals surface area contributed by atoms with Crippen LogP contribution in [0, 0.1) is 0 Å². The monoisotopic (exact) mass is 262 g/mol. The van der Waals surface area contributed by atoms with E-state index >= 15 is 0 Å². The number of aromatic nitrogens is 2. The van der Waals surface area contributed by atoms with Crippen molar-refractivity contribution in [2.45, 2.75) is 6.42 Å². The Bertz CT molecular complexity index is 670. The normalized spacial score (nSPS) is 11.0. The summed E-state index contributed by atoms with van der Waals surface area (Å²) in [6.45, 7) is 0. The maximum atomic E-state index is 4.13. The van der Waals surface area contributed by atoms with Crippen molar-refractivity contribution < 1.29 is 0 Å². The molecule has 4 heteroatoms. The molecule has 1 heterocycles. The van der Waals surface area contributed by atoms with Crippen molar-refractivity contribution in [3.05, 3.63) is 78.1 Å². The second kappa shape index (κ2) is 5.93. The third-order valence-electron chi connectivity index (χ3n) is 2.93. The molecule has 98 valence electrons. The third-order valence-corrected chi connectivity index (χ3v) is 2.93. The highest BCUT2D eigenvalue weighted by Crippen LogP contribution is 2.17. The summed E-state index contributed by atoms with van der Waals surface area (Å²) >= 11 is 0. The van der Waals surface area contributed by atoms with Gasteiger partial charge in [0, 0.05) is 12.4 Å². The van der Waals surface area contributed by atoms with E-state index in [0.29, 0.717) is 5.95 Å². The first-order chi connectivity index (χ1) is 9.90. The van der Waals surface area contributed by atoms with E-state index in [4.69, 9.17) is 0 Å². The topological polar surface area (TPSA) is 53.4 Å². The number of hydrogen-bond acceptors (Lipinski definition) is 3. The first-order valence-corrected chi connectivity index (χ1v) is 6.44. The molecule has 0 radical (unpaired) electrons. The molecule has 0 atom stereocenters. The van der Waals surface area contributed by atoms with Crippen molar-refractivity contribution in [3.63, 3.8) is 0 Å². The Labute approximate surface area is 117 Å².